The number of pyridine rings is 1. The number of amides is 1. The second kappa shape index (κ2) is 10.8. The summed E-state index contributed by atoms with van der Waals surface area (Å²) in [7, 11) is 0. The molecular weight excluding hydrogens is 392 g/mol. The Morgan fingerprint density at radius 2 is 1.68 bits per heavy atom. The molecule has 1 aliphatic rings. The van der Waals surface area contributed by atoms with Crippen molar-refractivity contribution in [2.45, 2.75) is 32.5 Å². The Morgan fingerprint density at radius 3 is 2.29 bits per heavy atom. The highest BCUT2D eigenvalue weighted by molar-refractivity contribution is 6.06. The first-order valence-electron chi connectivity index (χ1n) is 10.3. The first kappa shape index (κ1) is 22.6. The number of carbonyl (C=O) groups is 2. The van der Waals surface area contributed by atoms with Gasteiger partial charge in [0, 0.05) is 43.4 Å². The number of ketones is 1. The Labute approximate surface area is 182 Å². The monoisotopic (exact) mass is 420 g/mol. The largest absolute Gasteiger partial charge is 0.309 e. The number of hydrogen-bond acceptors (Lipinski definition) is 6. The van der Waals surface area contributed by atoms with Crippen LogP contribution in [-0.2, 0) is 11.3 Å². The van der Waals surface area contributed by atoms with Crippen molar-refractivity contribution in [1.82, 2.24) is 20.7 Å². The van der Waals surface area contributed by atoms with Crippen LogP contribution in [0.15, 0.2) is 54.6 Å². The molecule has 1 saturated heterocycles. The van der Waals surface area contributed by atoms with Crippen LogP contribution in [0.1, 0.15) is 41.2 Å². The van der Waals surface area contributed by atoms with Gasteiger partial charge in [-0.1, -0.05) is 30.3 Å². The van der Waals surface area contributed by atoms with Gasteiger partial charge in [-0.05, 0) is 49.8 Å². The molecule has 0 spiro atoms. The fourth-order valence-corrected chi connectivity index (χ4v) is 3.71. The molecule has 1 fully saturated rings. The van der Waals surface area contributed by atoms with Crippen LogP contribution in [0.5, 0.6) is 0 Å². The molecule has 2 atom stereocenters. The second-order valence-corrected chi connectivity index (χ2v) is 7.85. The SMILES string of the molecule is CC1CN(Cc2ccc(C(=O)C=Cc3cccc(C=CC(=O)NO)n3)cc2)CC(C)N1. The Balaban J connectivity index is 1.60. The van der Waals surface area contributed by atoms with E-state index in [1.54, 1.807) is 24.3 Å². The molecule has 0 aliphatic carbocycles. The summed E-state index contributed by atoms with van der Waals surface area (Å²) < 4.78 is 0. The minimum atomic E-state index is -0.637. The van der Waals surface area contributed by atoms with Crippen LogP contribution in [0.4, 0.5) is 0 Å². The molecule has 0 saturated carbocycles. The van der Waals surface area contributed by atoms with Crippen molar-refractivity contribution in [2.24, 2.45) is 0 Å². The van der Waals surface area contributed by atoms with E-state index in [4.69, 9.17) is 5.21 Å². The second-order valence-electron chi connectivity index (χ2n) is 7.85. The van der Waals surface area contributed by atoms with Gasteiger partial charge in [0.2, 0.25) is 0 Å². The highest BCUT2D eigenvalue weighted by Crippen LogP contribution is 2.13. The molecule has 7 heteroatoms. The van der Waals surface area contributed by atoms with Crippen LogP contribution in [0.25, 0.3) is 12.2 Å². The molecule has 0 bridgehead atoms. The summed E-state index contributed by atoms with van der Waals surface area (Å²) in [6.07, 6.45) is 5.78. The van der Waals surface area contributed by atoms with Gasteiger partial charge in [-0.3, -0.25) is 19.7 Å². The molecule has 3 rings (SSSR count). The Morgan fingerprint density at radius 1 is 1.06 bits per heavy atom. The maximum atomic E-state index is 12.5. The molecule has 2 aromatic rings. The molecule has 1 aromatic heterocycles. The van der Waals surface area contributed by atoms with Crippen molar-refractivity contribution in [2.75, 3.05) is 13.1 Å². The number of allylic oxidation sites excluding steroid dienone is 1. The van der Waals surface area contributed by atoms with E-state index >= 15 is 0 Å². The molecule has 1 aromatic carbocycles. The van der Waals surface area contributed by atoms with Crippen molar-refractivity contribution >= 4 is 23.8 Å². The Hall–Kier alpha value is -3.13. The first-order valence-corrected chi connectivity index (χ1v) is 10.3. The average Bonchev–Trinajstić information content (AvgIpc) is 2.76. The van der Waals surface area contributed by atoms with E-state index in [2.05, 4.69) is 29.0 Å². The van der Waals surface area contributed by atoms with Gasteiger partial charge in [-0.15, -0.1) is 0 Å². The Bertz CT molecular complexity index is 959. The number of nitrogens with zero attached hydrogens (tertiary/aromatic N) is 2. The topological polar surface area (TPSA) is 94.6 Å². The zero-order valence-electron chi connectivity index (χ0n) is 17.8. The van der Waals surface area contributed by atoms with Gasteiger partial charge in [0.1, 0.15) is 0 Å². The summed E-state index contributed by atoms with van der Waals surface area (Å²) in [6, 6.07) is 14.0. The number of hydrogen-bond donors (Lipinski definition) is 3. The number of hydroxylamine groups is 1. The third-order valence-electron chi connectivity index (χ3n) is 4.99. The third kappa shape index (κ3) is 6.96. The number of carbonyl (C=O) groups excluding carboxylic acids is 2. The zero-order chi connectivity index (χ0) is 22.2. The van der Waals surface area contributed by atoms with Crippen LogP contribution >= 0.6 is 0 Å². The van der Waals surface area contributed by atoms with Crippen LogP contribution in [0, 0.1) is 0 Å². The summed E-state index contributed by atoms with van der Waals surface area (Å²) in [6.45, 7) is 7.30. The molecule has 0 radical (unpaired) electrons. The lowest BCUT2D eigenvalue weighted by Gasteiger charge is -2.36. The molecule has 2 unspecified atom stereocenters. The maximum absolute atomic E-state index is 12.5. The predicted octanol–water partition coefficient (Wildman–Crippen LogP) is 2.68. The summed E-state index contributed by atoms with van der Waals surface area (Å²) in [5.41, 5.74) is 4.47. The van der Waals surface area contributed by atoms with E-state index in [0.29, 0.717) is 29.0 Å². The summed E-state index contributed by atoms with van der Waals surface area (Å²) in [4.78, 5) is 30.4. The van der Waals surface area contributed by atoms with E-state index < -0.39 is 5.91 Å². The van der Waals surface area contributed by atoms with Crippen molar-refractivity contribution in [3.63, 3.8) is 0 Å². The van der Waals surface area contributed by atoms with Gasteiger partial charge < -0.3 is 5.32 Å². The predicted molar refractivity (Wildman–Crippen MR) is 120 cm³/mol. The number of benzene rings is 1. The lowest BCUT2D eigenvalue weighted by Crippen LogP contribution is -2.53. The molecule has 7 nitrogen and oxygen atoms in total. The number of aromatic nitrogens is 1. The Kier molecular flexibility index (Phi) is 7.83. The highest BCUT2D eigenvalue weighted by atomic mass is 16.5. The normalized spacial score (nSPS) is 19.7. The fourth-order valence-electron chi connectivity index (χ4n) is 3.71. The van der Waals surface area contributed by atoms with Gasteiger partial charge in [0.15, 0.2) is 5.78 Å². The summed E-state index contributed by atoms with van der Waals surface area (Å²) >= 11 is 0. The fraction of sp³-hybridized carbons (Fsp3) is 0.292. The minimum Gasteiger partial charge on any atom is -0.309 e. The molecule has 2 heterocycles. The quantitative estimate of drug-likeness (QED) is 0.276. The van der Waals surface area contributed by atoms with Gasteiger partial charge in [-0.25, -0.2) is 10.5 Å². The smallest absolute Gasteiger partial charge is 0.267 e. The average molecular weight is 421 g/mol. The molecular formula is C24H28N4O3. The lowest BCUT2D eigenvalue weighted by atomic mass is 10.1. The zero-order valence-corrected chi connectivity index (χ0v) is 17.8. The molecule has 162 valence electrons. The van der Waals surface area contributed by atoms with Crippen LogP contribution < -0.4 is 10.8 Å². The van der Waals surface area contributed by atoms with E-state index in [1.807, 2.05) is 24.3 Å². The van der Waals surface area contributed by atoms with Crippen molar-refractivity contribution in [1.29, 1.82) is 0 Å². The van der Waals surface area contributed by atoms with Gasteiger partial charge in [0.25, 0.3) is 5.91 Å². The van der Waals surface area contributed by atoms with E-state index in [9.17, 15) is 9.59 Å². The highest BCUT2D eigenvalue weighted by Gasteiger charge is 2.20. The maximum Gasteiger partial charge on any atom is 0.267 e. The van der Waals surface area contributed by atoms with Gasteiger partial charge in [0.05, 0.1) is 11.4 Å². The van der Waals surface area contributed by atoms with Crippen molar-refractivity contribution in [3.8, 4) is 0 Å². The standard InChI is InChI=1S/C24H28N4O3/c1-17-14-28(15-18(2)25-17)16-19-6-8-20(9-7-19)23(29)12-10-21-4-3-5-22(26-21)11-13-24(30)27-31/h3-13,17-18,25,31H,14-16H2,1-2H3,(H,27,30). The molecule has 1 aliphatic heterocycles. The van der Waals surface area contributed by atoms with Crippen molar-refractivity contribution < 1.29 is 14.8 Å². The number of nitrogens with one attached hydrogen (secondary N) is 2. The summed E-state index contributed by atoms with van der Waals surface area (Å²) in [5.74, 6) is -0.735. The van der Waals surface area contributed by atoms with Gasteiger partial charge >= 0.3 is 0 Å². The summed E-state index contributed by atoms with van der Waals surface area (Å²) in [5, 5.41) is 12.1. The number of rotatable bonds is 7. The number of piperazine rings is 1. The van der Waals surface area contributed by atoms with Crippen LogP contribution in [0.3, 0.4) is 0 Å². The van der Waals surface area contributed by atoms with Crippen LogP contribution in [0.2, 0.25) is 0 Å². The molecule has 1 amide bonds. The lowest BCUT2D eigenvalue weighted by molar-refractivity contribution is -0.124. The van der Waals surface area contributed by atoms with Crippen LogP contribution in [-0.4, -0.2) is 52.0 Å². The third-order valence-corrected chi connectivity index (χ3v) is 4.99. The van der Waals surface area contributed by atoms with E-state index in [0.717, 1.165) is 19.6 Å². The van der Waals surface area contributed by atoms with E-state index in [-0.39, 0.29) is 5.78 Å². The van der Waals surface area contributed by atoms with Gasteiger partial charge in [-0.2, -0.15) is 0 Å². The minimum absolute atomic E-state index is 0.0987. The molecule has 31 heavy (non-hydrogen) atoms. The van der Waals surface area contributed by atoms with E-state index in [1.165, 1.54) is 29.3 Å². The molecule has 3 N–H and O–H groups in total. The van der Waals surface area contributed by atoms with Crippen molar-refractivity contribution in [3.05, 3.63) is 77.1 Å². The first-order chi connectivity index (χ1) is 14.9.